The van der Waals surface area contributed by atoms with Crippen LogP contribution in [0.15, 0.2) is 54.6 Å². The number of aryl methyl sites for hydroxylation is 1. The predicted octanol–water partition coefficient (Wildman–Crippen LogP) is 4.84. The van der Waals surface area contributed by atoms with E-state index in [0.717, 1.165) is 22.7 Å². The number of rotatable bonds is 7. The van der Waals surface area contributed by atoms with Crippen molar-refractivity contribution in [2.75, 3.05) is 17.2 Å². The fourth-order valence-corrected chi connectivity index (χ4v) is 2.79. The summed E-state index contributed by atoms with van der Waals surface area (Å²) in [5, 5.41) is 7.10. The lowest BCUT2D eigenvalue weighted by molar-refractivity contribution is 0.613. The van der Waals surface area contributed by atoms with Crippen LogP contribution >= 0.6 is 11.6 Å². The average molecular weight is 371 g/mol. The number of nitrogens with zero attached hydrogens (tertiary/aromatic N) is 2. The van der Waals surface area contributed by atoms with Gasteiger partial charge in [-0.3, -0.25) is 0 Å². The molecule has 1 aromatic heterocycles. The molecule has 4 nitrogen and oxygen atoms in total. The van der Waals surface area contributed by atoms with Crippen LogP contribution in [0.4, 0.5) is 16.2 Å². The highest BCUT2D eigenvalue weighted by Crippen LogP contribution is 2.14. The zero-order chi connectivity index (χ0) is 18.4. The molecule has 0 atom stereocenters. The summed E-state index contributed by atoms with van der Waals surface area (Å²) in [4.78, 5) is 8.84. The Hall–Kier alpha value is -2.66. The van der Waals surface area contributed by atoms with Crippen LogP contribution in [-0.2, 0) is 13.0 Å². The normalized spacial score (nSPS) is 10.6. The summed E-state index contributed by atoms with van der Waals surface area (Å²) >= 11 is 6.00. The number of nitrogens with one attached hydrogen (secondary N) is 2. The molecule has 0 amide bonds. The minimum absolute atomic E-state index is 0.231. The van der Waals surface area contributed by atoms with E-state index in [-0.39, 0.29) is 5.82 Å². The monoisotopic (exact) mass is 370 g/mol. The van der Waals surface area contributed by atoms with E-state index >= 15 is 0 Å². The van der Waals surface area contributed by atoms with Gasteiger partial charge in [-0.2, -0.15) is 4.98 Å². The Morgan fingerprint density at radius 3 is 2.65 bits per heavy atom. The van der Waals surface area contributed by atoms with Crippen molar-refractivity contribution in [3.63, 3.8) is 0 Å². The molecule has 0 unspecified atom stereocenters. The van der Waals surface area contributed by atoms with Crippen LogP contribution in [0.2, 0.25) is 5.02 Å². The second-order valence-corrected chi connectivity index (χ2v) is 6.41. The van der Waals surface area contributed by atoms with E-state index < -0.39 is 0 Å². The van der Waals surface area contributed by atoms with Crippen molar-refractivity contribution in [1.29, 1.82) is 0 Å². The summed E-state index contributed by atoms with van der Waals surface area (Å²) in [6, 6.07) is 16.3. The van der Waals surface area contributed by atoms with Gasteiger partial charge < -0.3 is 10.6 Å². The Balaban J connectivity index is 1.59. The van der Waals surface area contributed by atoms with Crippen LogP contribution < -0.4 is 10.6 Å². The second-order valence-electron chi connectivity index (χ2n) is 5.97. The van der Waals surface area contributed by atoms with Gasteiger partial charge in [0.25, 0.3) is 0 Å². The topological polar surface area (TPSA) is 49.8 Å². The van der Waals surface area contributed by atoms with Crippen molar-refractivity contribution in [3.8, 4) is 0 Å². The summed E-state index contributed by atoms with van der Waals surface area (Å²) in [6.07, 6.45) is 0.815. The lowest BCUT2D eigenvalue weighted by Gasteiger charge is -2.10. The summed E-state index contributed by atoms with van der Waals surface area (Å²) in [7, 11) is 0. The van der Waals surface area contributed by atoms with E-state index in [1.807, 2.05) is 43.3 Å². The first-order valence-electron chi connectivity index (χ1n) is 8.41. The van der Waals surface area contributed by atoms with Crippen molar-refractivity contribution in [1.82, 2.24) is 9.97 Å². The third-order valence-corrected chi connectivity index (χ3v) is 4.09. The van der Waals surface area contributed by atoms with Gasteiger partial charge in [0, 0.05) is 35.4 Å². The van der Waals surface area contributed by atoms with Crippen LogP contribution in [0.5, 0.6) is 0 Å². The van der Waals surface area contributed by atoms with E-state index in [1.54, 1.807) is 12.1 Å². The highest BCUT2D eigenvalue weighted by atomic mass is 35.5. The van der Waals surface area contributed by atoms with E-state index in [2.05, 4.69) is 20.6 Å². The molecule has 0 radical (unpaired) electrons. The van der Waals surface area contributed by atoms with Gasteiger partial charge >= 0.3 is 0 Å². The van der Waals surface area contributed by atoms with Crippen LogP contribution in [0.3, 0.4) is 0 Å². The summed E-state index contributed by atoms with van der Waals surface area (Å²) in [6.45, 7) is 2.96. The molecule has 26 heavy (non-hydrogen) atoms. The smallest absolute Gasteiger partial charge is 0.224 e. The van der Waals surface area contributed by atoms with Gasteiger partial charge in [0.15, 0.2) is 0 Å². The van der Waals surface area contributed by atoms with Crippen molar-refractivity contribution in [2.24, 2.45) is 0 Å². The Morgan fingerprint density at radius 2 is 1.85 bits per heavy atom. The van der Waals surface area contributed by atoms with Crippen molar-refractivity contribution in [2.45, 2.75) is 19.9 Å². The molecule has 0 saturated heterocycles. The zero-order valence-electron chi connectivity index (χ0n) is 14.5. The first kappa shape index (κ1) is 18.1. The Kier molecular flexibility index (Phi) is 6.02. The Labute approximate surface area is 157 Å². The molecule has 134 valence electrons. The van der Waals surface area contributed by atoms with E-state index in [4.69, 9.17) is 11.6 Å². The standard InChI is InChI=1S/C20H20ClFN4/c1-14-11-19(24-13-16-6-2-3-8-18(16)22)26-20(25-14)23-10-9-15-5-4-7-17(21)12-15/h2-8,11-12H,9-10,13H2,1H3,(H2,23,24,25,26). The molecule has 0 bridgehead atoms. The van der Waals surface area contributed by atoms with Gasteiger partial charge in [-0.25, -0.2) is 9.37 Å². The minimum Gasteiger partial charge on any atom is -0.366 e. The molecule has 1 heterocycles. The molecule has 0 aliphatic heterocycles. The number of hydrogen-bond acceptors (Lipinski definition) is 4. The van der Waals surface area contributed by atoms with E-state index in [0.29, 0.717) is 30.4 Å². The maximum atomic E-state index is 13.7. The molecular weight excluding hydrogens is 351 g/mol. The van der Waals surface area contributed by atoms with Crippen molar-refractivity contribution >= 4 is 23.4 Å². The molecular formula is C20H20ClFN4. The predicted molar refractivity (Wildman–Crippen MR) is 104 cm³/mol. The lowest BCUT2D eigenvalue weighted by atomic mass is 10.1. The summed E-state index contributed by atoms with van der Waals surface area (Å²) < 4.78 is 13.7. The van der Waals surface area contributed by atoms with Crippen molar-refractivity contribution < 1.29 is 4.39 Å². The lowest BCUT2D eigenvalue weighted by Crippen LogP contribution is -2.11. The van der Waals surface area contributed by atoms with Gasteiger partial charge in [0.05, 0.1) is 0 Å². The van der Waals surface area contributed by atoms with Crippen molar-refractivity contribution in [3.05, 3.63) is 82.3 Å². The Morgan fingerprint density at radius 1 is 1.00 bits per heavy atom. The van der Waals surface area contributed by atoms with Gasteiger partial charge in [-0.1, -0.05) is 41.9 Å². The van der Waals surface area contributed by atoms with Gasteiger partial charge in [0.2, 0.25) is 5.95 Å². The van der Waals surface area contributed by atoms with E-state index in [9.17, 15) is 4.39 Å². The molecule has 0 aliphatic carbocycles. The maximum Gasteiger partial charge on any atom is 0.224 e. The molecule has 0 saturated carbocycles. The number of anilines is 2. The molecule has 0 fully saturated rings. The third-order valence-electron chi connectivity index (χ3n) is 3.86. The molecule has 0 aliphatic rings. The molecule has 6 heteroatoms. The number of benzene rings is 2. The second kappa shape index (κ2) is 8.63. The molecule has 3 aromatic rings. The Bertz CT molecular complexity index is 885. The minimum atomic E-state index is -0.231. The molecule has 2 N–H and O–H groups in total. The maximum absolute atomic E-state index is 13.7. The summed E-state index contributed by atoms with van der Waals surface area (Å²) in [5.74, 6) is 0.972. The van der Waals surface area contributed by atoms with Gasteiger partial charge in [-0.15, -0.1) is 0 Å². The highest BCUT2D eigenvalue weighted by molar-refractivity contribution is 6.30. The molecule has 0 spiro atoms. The highest BCUT2D eigenvalue weighted by Gasteiger charge is 2.05. The van der Waals surface area contributed by atoms with Crippen LogP contribution in [0.25, 0.3) is 0 Å². The fraction of sp³-hybridized carbons (Fsp3) is 0.200. The zero-order valence-corrected chi connectivity index (χ0v) is 15.2. The number of hydrogen-bond donors (Lipinski definition) is 2. The largest absolute Gasteiger partial charge is 0.366 e. The fourth-order valence-electron chi connectivity index (χ4n) is 2.58. The molecule has 3 rings (SSSR count). The first-order chi connectivity index (χ1) is 12.6. The van der Waals surface area contributed by atoms with E-state index in [1.165, 1.54) is 6.07 Å². The number of aromatic nitrogens is 2. The van der Waals surface area contributed by atoms with Crippen LogP contribution in [0.1, 0.15) is 16.8 Å². The first-order valence-corrected chi connectivity index (χ1v) is 8.79. The van der Waals surface area contributed by atoms with Gasteiger partial charge in [0.1, 0.15) is 11.6 Å². The van der Waals surface area contributed by atoms with Crippen LogP contribution in [-0.4, -0.2) is 16.5 Å². The quantitative estimate of drug-likeness (QED) is 0.624. The van der Waals surface area contributed by atoms with Gasteiger partial charge in [-0.05, 0) is 37.1 Å². The molecule has 2 aromatic carbocycles. The average Bonchev–Trinajstić information content (AvgIpc) is 2.61. The summed E-state index contributed by atoms with van der Waals surface area (Å²) in [5.41, 5.74) is 2.58. The third kappa shape index (κ3) is 5.17. The van der Waals surface area contributed by atoms with Crippen LogP contribution in [0, 0.1) is 12.7 Å². The SMILES string of the molecule is Cc1cc(NCc2ccccc2F)nc(NCCc2cccc(Cl)c2)n1. The number of halogens is 2.